The lowest BCUT2D eigenvalue weighted by molar-refractivity contribution is -0.107. The highest BCUT2D eigenvalue weighted by Crippen LogP contribution is 2.34. The van der Waals surface area contributed by atoms with Crippen molar-refractivity contribution < 1.29 is 14.3 Å². The topological polar surface area (TPSA) is 46.6 Å². The van der Waals surface area contributed by atoms with Gasteiger partial charge < -0.3 is 9.53 Å². The van der Waals surface area contributed by atoms with Crippen LogP contribution in [0.2, 0.25) is 0 Å². The van der Waals surface area contributed by atoms with Crippen LogP contribution < -0.4 is 4.74 Å². The number of fused-ring (bicyclic) bond motifs is 1. The Morgan fingerprint density at radius 1 is 1.57 bits per heavy atom. The molecule has 0 aliphatic carbocycles. The first-order chi connectivity index (χ1) is 10.1. The highest BCUT2D eigenvalue weighted by molar-refractivity contribution is 8.04. The summed E-state index contributed by atoms with van der Waals surface area (Å²) in [6.07, 6.45) is 2.64. The lowest BCUT2D eigenvalue weighted by Gasteiger charge is -2.20. The molecule has 1 aliphatic heterocycles. The number of hydrogen-bond donors (Lipinski definition) is 0. The van der Waals surface area contributed by atoms with Gasteiger partial charge in [0.15, 0.2) is 0 Å². The minimum Gasteiger partial charge on any atom is -0.497 e. The first-order valence-electron chi connectivity index (χ1n) is 6.90. The fraction of sp³-hybridized carbons (Fsp3) is 0.375. The Morgan fingerprint density at radius 2 is 2.33 bits per heavy atom. The van der Waals surface area contributed by atoms with E-state index in [2.05, 4.69) is 6.58 Å². The van der Waals surface area contributed by atoms with E-state index in [4.69, 9.17) is 4.74 Å². The molecular formula is C16H19NO3S. The van der Waals surface area contributed by atoms with E-state index >= 15 is 0 Å². The van der Waals surface area contributed by atoms with E-state index in [1.807, 2.05) is 13.0 Å². The van der Waals surface area contributed by atoms with E-state index in [-0.39, 0.29) is 11.2 Å². The summed E-state index contributed by atoms with van der Waals surface area (Å²) in [7, 11) is 1.60. The molecule has 0 fully saturated rings. The van der Waals surface area contributed by atoms with Gasteiger partial charge in [-0.2, -0.15) is 0 Å². The van der Waals surface area contributed by atoms with Crippen molar-refractivity contribution in [1.82, 2.24) is 4.90 Å². The third-order valence-electron chi connectivity index (χ3n) is 3.43. The van der Waals surface area contributed by atoms with Gasteiger partial charge in [-0.25, -0.2) is 0 Å². The first kappa shape index (κ1) is 15.6. The molecule has 1 aromatic rings. The largest absolute Gasteiger partial charge is 0.497 e. The molecule has 1 aliphatic rings. The van der Waals surface area contributed by atoms with Crippen LogP contribution in [0, 0.1) is 0 Å². The predicted molar refractivity (Wildman–Crippen MR) is 84.4 cm³/mol. The Balaban J connectivity index is 2.11. The lowest BCUT2D eigenvalue weighted by atomic mass is 10.1. The average molecular weight is 305 g/mol. The Kier molecular flexibility index (Phi) is 5.07. The lowest BCUT2D eigenvalue weighted by Crippen LogP contribution is -2.22. The minimum atomic E-state index is -0.145. The number of nitrogens with zero attached hydrogens (tertiary/aromatic N) is 1. The van der Waals surface area contributed by atoms with Crippen LogP contribution in [0.5, 0.6) is 5.75 Å². The van der Waals surface area contributed by atoms with Crippen molar-refractivity contribution in [2.24, 2.45) is 0 Å². The molecule has 1 heterocycles. The molecule has 0 N–H and O–H groups in total. The number of methoxy groups -OCH3 is 1. The summed E-state index contributed by atoms with van der Waals surface area (Å²) in [4.78, 5) is 25.1. The summed E-state index contributed by atoms with van der Waals surface area (Å²) in [5.74, 6) is 0.671. The van der Waals surface area contributed by atoms with Gasteiger partial charge in [0.1, 0.15) is 12.0 Å². The molecule has 4 nitrogen and oxygen atoms in total. The standard InChI is InChI=1S/C16H19NO3S/c1-4-5-14(10-18)21-11(2)17-9-12-8-13(20-3)6-7-15(12)16(17)19/h6-8,10,14H,2,4-5,9H2,1,3H3. The normalized spacial score (nSPS) is 14.8. The fourth-order valence-corrected chi connectivity index (χ4v) is 3.34. The monoisotopic (exact) mass is 305 g/mol. The van der Waals surface area contributed by atoms with E-state index in [9.17, 15) is 9.59 Å². The summed E-state index contributed by atoms with van der Waals surface area (Å²) in [6.45, 7) is 6.47. The molecule has 0 bridgehead atoms. The van der Waals surface area contributed by atoms with Crippen LogP contribution in [-0.4, -0.2) is 29.5 Å². The third kappa shape index (κ3) is 3.29. The van der Waals surface area contributed by atoms with Gasteiger partial charge in [-0.1, -0.05) is 31.7 Å². The van der Waals surface area contributed by atoms with Crippen LogP contribution in [0.25, 0.3) is 0 Å². The van der Waals surface area contributed by atoms with E-state index in [0.717, 1.165) is 30.4 Å². The molecule has 2 rings (SSSR count). The summed E-state index contributed by atoms with van der Waals surface area (Å²) in [6, 6.07) is 5.42. The summed E-state index contributed by atoms with van der Waals surface area (Å²) >= 11 is 1.36. The number of rotatable bonds is 7. The molecule has 0 spiro atoms. The van der Waals surface area contributed by atoms with Crippen molar-refractivity contribution in [3.05, 3.63) is 40.9 Å². The third-order valence-corrected chi connectivity index (χ3v) is 4.57. The molecule has 0 saturated heterocycles. The number of carbonyl (C=O) groups is 2. The Labute approximate surface area is 129 Å². The molecular weight excluding hydrogens is 286 g/mol. The fourth-order valence-electron chi connectivity index (χ4n) is 2.30. The quantitative estimate of drug-likeness (QED) is 0.726. The molecule has 0 radical (unpaired) electrons. The number of carbonyl (C=O) groups excluding carboxylic acids is 2. The molecule has 1 aromatic carbocycles. The summed E-state index contributed by atoms with van der Waals surface area (Å²) < 4.78 is 5.18. The minimum absolute atomic E-state index is 0.0636. The number of hydrogen-bond acceptors (Lipinski definition) is 4. The van der Waals surface area contributed by atoms with Crippen molar-refractivity contribution in [2.45, 2.75) is 31.6 Å². The summed E-state index contributed by atoms with van der Waals surface area (Å²) in [5.41, 5.74) is 1.61. The zero-order valence-electron chi connectivity index (χ0n) is 12.3. The number of thioether (sulfide) groups is 1. The smallest absolute Gasteiger partial charge is 0.259 e. The first-order valence-corrected chi connectivity index (χ1v) is 7.78. The molecule has 1 unspecified atom stereocenters. The zero-order chi connectivity index (χ0) is 15.4. The highest BCUT2D eigenvalue weighted by atomic mass is 32.2. The van der Waals surface area contributed by atoms with Gasteiger partial charge in [0.2, 0.25) is 0 Å². The maximum absolute atomic E-state index is 12.4. The van der Waals surface area contributed by atoms with Gasteiger partial charge in [-0.05, 0) is 30.2 Å². The average Bonchev–Trinajstić information content (AvgIpc) is 2.83. The van der Waals surface area contributed by atoms with E-state index in [1.165, 1.54) is 11.8 Å². The van der Waals surface area contributed by atoms with Gasteiger partial charge in [0, 0.05) is 5.56 Å². The highest BCUT2D eigenvalue weighted by Gasteiger charge is 2.30. The van der Waals surface area contributed by atoms with Crippen LogP contribution in [0.3, 0.4) is 0 Å². The van der Waals surface area contributed by atoms with E-state index in [1.54, 1.807) is 24.1 Å². The van der Waals surface area contributed by atoms with Crippen LogP contribution in [0.4, 0.5) is 0 Å². The zero-order valence-corrected chi connectivity index (χ0v) is 13.1. The molecule has 21 heavy (non-hydrogen) atoms. The SMILES string of the molecule is C=C(SC(C=O)CCC)N1Cc2cc(OC)ccc2C1=O. The van der Waals surface area contributed by atoms with Crippen molar-refractivity contribution in [2.75, 3.05) is 7.11 Å². The maximum atomic E-state index is 12.4. The Morgan fingerprint density at radius 3 is 2.95 bits per heavy atom. The van der Waals surface area contributed by atoms with Gasteiger partial charge in [0.05, 0.1) is 23.9 Å². The van der Waals surface area contributed by atoms with Gasteiger partial charge in [-0.3, -0.25) is 9.69 Å². The van der Waals surface area contributed by atoms with Gasteiger partial charge in [0.25, 0.3) is 5.91 Å². The molecule has 5 heteroatoms. The van der Waals surface area contributed by atoms with Crippen molar-refractivity contribution in [3.8, 4) is 5.75 Å². The van der Waals surface area contributed by atoms with Crippen molar-refractivity contribution in [3.63, 3.8) is 0 Å². The Hall–Kier alpha value is -1.75. The number of benzene rings is 1. The van der Waals surface area contributed by atoms with Crippen LogP contribution in [0.15, 0.2) is 29.8 Å². The van der Waals surface area contributed by atoms with E-state index < -0.39 is 0 Å². The van der Waals surface area contributed by atoms with Gasteiger partial charge >= 0.3 is 0 Å². The van der Waals surface area contributed by atoms with Crippen molar-refractivity contribution in [1.29, 1.82) is 0 Å². The maximum Gasteiger partial charge on any atom is 0.259 e. The van der Waals surface area contributed by atoms with Crippen LogP contribution in [-0.2, 0) is 11.3 Å². The van der Waals surface area contributed by atoms with Crippen LogP contribution >= 0.6 is 11.8 Å². The molecule has 1 atom stereocenters. The predicted octanol–water partition coefficient (Wildman–Crippen LogP) is 3.22. The summed E-state index contributed by atoms with van der Waals surface area (Å²) in [5, 5.41) is 0.481. The van der Waals surface area contributed by atoms with Crippen LogP contribution in [0.1, 0.15) is 35.7 Å². The Bertz CT molecular complexity index is 571. The second-order valence-corrected chi connectivity index (χ2v) is 6.20. The van der Waals surface area contributed by atoms with Crippen molar-refractivity contribution >= 4 is 24.0 Å². The second kappa shape index (κ2) is 6.80. The molecule has 1 amide bonds. The number of aldehydes is 1. The number of ether oxygens (including phenoxy) is 1. The van der Waals surface area contributed by atoms with Gasteiger partial charge in [-0.15, -0.1) is 0 Å². The molecule has 112 valence electrons. The second-order valence-electron chi connectivity index (χ2n) is 4.89. The number of amides is 1. The van der Waals surface area contributed by atoms with E-state index in [0.29, 0.717) is 17.1 Å². The molecule has 0 aromatic heterocycles. The molecule has 0 saturated carbocycles.